The molecule has 3 aromatic carbocycles. The Morgan fingerprint density at radius 1 is 0.833 bits per heavy atom. The molecule has 1 unspecified atom stereocenters. The number of ether oxygens (including phenoxy) is 1. The van der Waals surface area contributed by atoms with Crippen molar-refractivity contribution in [3.63, 3.8) is 0 Å². The molecule has 0 saturated carbocycles. The van der Waals surface area contributed by atoms with Crippen LogP contribution in [0.1, 0.15) is 46.4 Å². The minimum atomic E-state index is 0.456. The van der Waals surface area contributed by atoms with Crippen LogP contribution in [-0.2, 0) is 6.54 Å². The van der Waals surface area contributed by atoms with Crippen LogP contribution in [0.4, 0.5) is 0 Å². The van der Waals surface area contributed by atoms with Crippen molar-refractivity contribution in [3.8, 4) is 5.75 Å². The number of hydrogen-bond donors (Lipinski definition) is 0. The highest BCUT2D eigenvalue weighted by molar-refractivity contribution is 5.52. The van der Waals surface area contributed by atoms with Gasteiger partial charge in [-0.1, -0.05) is 78.4 Å². The van der Waals surface area contributed by atoms with Gasteiger partial charge in [0.05, 0.1) is 7.11 Å². The lowest BCUT2D eigenvalue weighted by Crippen LogP contribution is -2.33. The fraction of sp³-hybridized carbons (Fsp3) is 0.286. The predicted molar refractivity (Wildman–Crippen MR) is 123 cm³/mol. The van der Waals surface area contributed by atoms with E-state index in [0.717, 1.165) is 18.8 Å². The molecule has 6 rings (SSSR count). The lowest BCUT2D eigenvalue weighted by atomic mass is 9.60. The van der Waals surface area contributed by atoms with Crippen LogP contribution in [0.2, 0.25) is 0 Å². The molecule has 0 radical (unpaired) electrons. The van der Waals surface area contributed by atoms with Crippen molar-refractivity contribution in [2.24, 2.45) is 0 Å². The number of rotatable bonds is 6. The van der Waals surface area contributed by atoms with Gasteiger partial charge in [-0.05, 0) is 53.8 Å². The average Bonchev–Trinajstić information content (AvgIpc) is 2.80. The molecule has 0 aromatic heterocycles. The van der Waals surface area contributed by atoms with E-state index in [1.54, 1.807) is 12.7 Å². The van der Waals surface area contributed by atoms with Crippen LogP contribution in [0.5, 0.6) is 5.75 Å². The Hall–Kier alpha value is -2.84. The first-order chi connectivity index (χ1) is 14.7. The Bertz CT molecular complexity index is 1040. The average molecular weight is 396 g/mol. The van der Waals surface area contributed by atoms with Gasteiger partial charge >= 0.3 is 0 Å². The zero-order valence-corrected chi connectivity index (χ0v) is 17.8. The number of benzene rings is 3. The topological polar surface area (TPSA) is 12.5 Å². The van der Waals surface area contributed by atoms with Crippen LogP contribution < -0.4 is 4.74 Å². The van der Waals surface area contributed by atoms with Crippen molar-refractivity contribution in [2.45, 2.75) is 30.7 Å². The molecule has 3 aromatic rings. The molecule has 0 saturated heterocycles. The Balaban J connectivity index is 1.44. The van der Waals surface area contributed by atoms with E-state index in [1.165, 1.54) is 28.7 Å². The molecule has 2 nitrogen and oxygen atoms in total. The summed E-state index contributed by atoms with van der Waals surface area (Å²) in [6.07, 6.45) is 3.76. The van der Waals surface area contributed by atoms with E-state index in [4.69, 9.17) is 4.74 Å². The van der Waals surface area contributed by atoms with Crippen LogP contribution in [-0.4, -0.2) is 25.6 Å². The summed E-state index contributed by atoms with van der Waals surface area (Å²) in [5.41, 5.74) is 7.43. The molecule has 0 heterocycles. The van der Waals surface area contributed by atoms with E-state index in [0.29, 0.717) is 17.8 Å². The van der Waals surface area contributed by atoms with Gasteiger partial charge in [-0.15, -0.1) is 0 Å². The van der Waals surface area contributed by atoms with E-state index in [9.17, 15) is 0 Å². The molecular formula is C28H29NO. The lowest BCUT2D eigenvalue weighted by Gasteiger charge is -2.45. The molecule has 3 aliphatic carbocycles. The van der Waals surface area contributed by atoms with Gasteiger partial charge in [0.15, 0.2) is 0 Å². The lowest BCUT2D eigenvalue weighted by molar-refractivity contribution is 0.330. The Kier molecular flexibility index (Phi) is 5.18. The third-order valence-electron chi connectivity index (χ3n) is 6.75. The van der Waals surface area contributed by atoms with E-state index in [1.807, 2.05) is 0 Å². The quantitative estimate of drug-likeness (QED) is 0.466. The summed E-state index contributed by atoms with van der Waals surface area (Å²) in [7, 11) is 3.97. The zero-order valence-electron chi connectivity index (χ0n) is 17.8. The number of allylic oxidation sites excluding steroid dienone is 1. The Labute approximate surface area is 179 Å². The van der Waals surface area contributed by atoms with Crippen molar-refractivity contribution < 1.29 is 4.74 Å². The third kappa shape index (κ3) is 3.57. The van der Waals surface area contributed by atoms with E-state index >= 15 is 0 Å². The van der Waals surface area contributed by atoms with Gasteiger partial charge < -0.3 is 4.74 Å². The van der Waals surface area contributed by atoms with Crippen molar-refractivity contribution in [2.75, 3.05) is 20.7 Å². The Morgan fingerprint density at radius 3 is 2.27 bits per heavy atom. The molecule has 3 atom stereocenters. The third-order valence-corrected chi connectivity index (χ3v) is 6.75. The van der Waals surface area contributed by atoms with Crippen LogP contribution in [0.25, 0.3) is 0 Å². The summed E-state index contributed by atoms with van der Waals surface area (Å²) in [4.78, 5) is 2.45. The van der Waals surface area contributed by atoms with Crippen molar-refractivity contribution in [3.05, 3.63) is 113 Å². The van der Waals surface area contributed by atoms with Crippen molar-refractivity contribution in [1.82, 2.24) is 4.90 Å². The van der Waals surface area contributed by atoms with E-state index in [2.05, 4.69) is 96.9 Å². The molecule has 0 aliphatic heterocycles. The van der Waals surface area contributed by atoms with Crippen LogP contribution in [0.3, 0.4) is 0 Å². The molecule has 0 fully saturated rings. The summed E-state index contributed by atoms with van der Waals surface area (Å²) in [6, 6.07) is 28.6. The molecule has 0 amide bonds. The molecule has 0 spiro atoms. The summed E-state index contributed by atoms with van der Waals surface area (Å²) in [6.45, 7) is 1.99. The minimum Gasteiger partial charge on any atom is -0.497 e. The normalized spacial score (nSPS) is 22.0. The van der Waals surface area contributed by atoms with Gasteiger partial charge in [0.2, 0.25) is 0 Å². The maximum Gasteiger partial charge on any atom is 0.118 e. The number of methoxy groups -OCH3 is 1. The van der Waals surface area contributed by atoms with Crippen LogP contribution in [0, 0.1) is 0 Å². The highest BCUT2D eigenvalue weighted by Crippen LogP contribution is 2.55. The SMILES string of the molecule is COc1ccc(C2C[C@@H]3C=C(CN(C)Cc4ccccc4)[C@H]2c2ccccc23)cc1. The van der Waals surface area contributed by atoms with Crippen molar-refractivity contribution >= 4 is 0 Å². The second kappa shape index (κ2) is 8.12. The summed E-state index contributed by atoms with van der Waals surface area (Å²) >= 11 is 0. The second-order valence-electron chi connectivity index (χ2n) is 8.73. The first-order valence-corrected chi connectivity index (χ1v) is 10.9. The summed E-state index contributed by atoms with van der Waals surface area (Å²) < 4.78 is 5.39. The number of nitrogens with zero attached hydrogens (tertiary/aromatic N) is 1. The zero-order chi connectivity index (χ0) is 20.5. The van der Waals surface area contributed by atoms with Gasteiger partial charge in [-0.2, -0.15) is 0 Å². The second-order valence-corrected chi connectivity index (χ2v) is 8.73. The summed E-state index contributed by atoms with van der Waals surface area (Å²) in [5.74, 6) is 2.43. The molecule has 152 valence electrons. The van der Waals surface area contributed by atoms with E-state index in [-0.39, 0.29) is 0 Å². The number of hydrogen-bond acceptors (Lipinski definition) is 2. The van der Waals surface area contributed by atoms with Crippen molar-refractivity contribution in [1.29, 1.82) is 0 Å². The first-order valence-electron chi connectivity index (χ1n) is 10.9. The van der Waals surface area contributed by atoms with Gasteiger partial charge in [-0.3, -0.25) is 4.90 Å². The Morgan fingerprint density at radius 2 is 1.53 bits per heavy atom. The van der Waals surface area contributed by atoms with Gasteiger partial charge in [0, 0.05) is 24.9 Å². The molecule has 3 aliphatic rings. The van der Waals surface area contributed by atoms with Gasteiger partial charge in [0.25, 0.3) is 0 Å². The fourth-order valence-electron chi connectivity index (χ4n) is 5.46. The standard InChI is InChI=1S/C28H29NO/c1-29(18-20-8-4-3-5-9-20)19-23-16-22-17-27(21-12-14-24(30-2)15-13-21)28(23)26-11-7-6-10-25(22)26/h3-16,22,27-28H,17-19H2,1-2H3/t22-,27?,28-/m0/s1. The number of likely N-dealkylation sites (N-methyl/N-ethyl adjacent to an activating group) is 1. The molecule has 2 heteroatoms. The van der Waals surface area contributed by atoms with Gasteiger partial charge in [-0.25, -0.2) is 0 Å². The molecule has 30 heavy (non-hydrogen) atoms. The maximum absolute atomic E-state index is 5.39. The minimum absolute atomic E-state index is 0.456. The fourth-order valence-corrected chi connectivity index (χ4v) is 5.46. The molecule has 0 N–H and O–H groups in total. The summed E-state index contributed by atoms with van der Waals surface area (Å²) in [5, 5.41) is 0. The van der Waals surface area contributed by atoms with Gasteiger partial charge in [0.1, 0.15) is 5.75 Å². The maximum atomic E-state index is 5.39. The molecular weight excluding hydrogens is 366 g/mol. The van der Waals surface area contributed by atoms with E-state index < -0.39 is 0 Å². The monoisotopic (exact) mass is 395 g/mol. The van der Waals surface area contributed by atoms with Crippen LogP contribution in [0.15, 0.2) is 90.5 Å². The predicted octanol–water partition coefficient (Wildman–Crippen LogP) is 6.12. The number of fused-ring (bicyclic) bond motifs is 1. The highest BCUT2D eigenvalue weighted by Gasteiger charge is 2.41. The largest absolute Gasteiger partial charge is 0.497 e. The molecule has 2 bridgehead atoms. The van der Waals surface area contributed by atoms with Crippen LogP contribution >= 0.6 is 0 Å². The first kappa shape index (κ1) is 19.1. The smallest absolute Gasteiger partial charge is 0.118 e. The highest BCUT2D eigenvalue weighted by atomic mass is 16.5.